The van der Waals surface area contributed by atoms with Crippen molar-refractivity contribution < 1.29 is 0 Å². The van der Waals surface area contributed by atoms with E-state index >= 15 is 0 Å². The van der Waals surface area contributed by atoms with Crippen LogP contribution in [-0.2, 0) is 10.8 Å². The first kappa shape index (κ1) is 57.8. The molecule has 4 aliphatic carbocycles. The third-order valence-corrected chi connectivity index (χ3v) is 20.9. The Morgan fingerprint density at radius 2 is 0.515 bits per heavy atom. The molecule has 4 aliphatic rings. The highest BCUT2D eigenvalue weighted by Gasteiger charge is 2.53. The van der Waals surface area contributed by atoms with Crippen LogP contribution in [0.25, 0.3) is 88.3 Å². The molecule has 20 rings (SSSR count). The molecule has 2 nitrogen and oxygen atoms in total. The number of anilines is 5. The van der Waals surface area contributed by atoms with Crippen LogP contribution in [0.2, 0.25) is 0 Å². The molecule has 0 aromatic heterocycles. The highest BCUT2D eigenvalue weighted by Crippen LogP contribution is 2.65. The lowest BCUT2D eigenvalue weighted by atomic mass is 9.70. The SMILES string of the molecule is Brc1ccc2c(c1)C1(c3ccccc3-2)c2ccccc2-c2cc3ccccc3cc21.c1ccc(-c2ccc(N(c3ccccc3)c3ccc4c(c3)C3(c5ccccc5-4)c4ccccc4-c4cc5ccccc5cc43)cc2)cc1.c1ccc(Nc2ccc(-c3ccccc3)cc2)cc1. The van der Waals surface area contributed by atoms with Gasteiger partial charge in [-0.05, 0) is 230 Å². The highest BCUT2D eigenvalue weighted by atomic mass is 79.9. The number of hydrogen-bond acceptors (Lipinski definition) is 2. The lowest BCUT2D eigenvalue weighted by molar-refractivity contribution is 0.794. The molecule has 2 atom stereocenters. The smallest absolute Gasteiger partial charge is 0.0726 e. The van der Waals surface area contributed by atoms with Crippen LogP contribution in [0.4, 0.5) is 28.4 Å². The van der Waals surface area contributed by atoms with Gasteiger partial charge in [0.15, 0.2) is 0 Å². The van der Waals surface area contributed by atoms with Gasteiger partial charge in [0, 0.05) is 32.9 Å². The van der Waals surface area contributed by atoms with Gasteiger partial charge in [-0.1, -0.05) is 295 Å². The van der Waals surface area contributed by atoms with Gasteiger partial charge in [-0.25, -0.2) is 0 Å². The molecule has 97 heavy (non-hydrogen) atoms. The van der Waals surface area contributed by atoms with Crippen molar-refractivity contribution in [2.24, 2.45) is 0 Å². The average molecular weight is 1300 g/mol. The molecule has 0 amide bonds. The molecule has 0 saturated heterocycles. The van der Waals surface area contributed by atoms with Gasteiger partial charge in [0.2, 0.25) is 0 Å². The van der Waals surface area contributed by atoms with Gasteiger partial charge in [0.05, 0.1) is 10.8 Å². The minimum atomic E-state index is -0.419. The molecule has 456 valence electrons. The lowest BCUT2D eigenvalue weighted by Gasteiger charge is -2.32. The molecule has 0 fully saturated rings. The second-order valence-corrected chi connectivity index (χ2v) is 26.5. The van der Waals surface area contributed by atoms with Gasteiger partial charge in [0.1, 0.15) is 0 Å². The van der Waals surface area contributed by atoms with Crippen LogP contribution in [0.3, 0.4) is 0 Å². The van der Waals surface area contributed by atoms with E-state index in [0.717, 1.165) is 32.9 Å². The van der Waals surface area contributed by atoms with Gasteiger partial charge in [-0.3, -0.25) is 0 Å². The topological polar surface area (TPSA) is 15.3 Å². The third kappa shape index (κ3) is 9.52. The minimum Gasteiger partial charge on any atom is -0.356 e. The van der Waals surface area contributed by atoms with Crippen LogP contribution in [0, 0.1) is 0 Å². The highest BCUT2D eigenvalue weighted by molar-refractivity contribution is 9.10. The molecule has 16 aromatic rings. The summed E-state index contributed by atoms with van der Waals surface area (Å²) < 4.78 is 1.13. The average Bonchev–Trinajstić information content (AvgIpc) is 1.52. The number of nitrogens with one attached hydrogen (secondary N) is 1. The van der Waals surface area contributed by atoms with E-state index < -0.39 is 5.41 Å². The van der Waals surface area contributed by atoms with E-state index in [1.54, 1.807) is 0 Å². The van der Waals surface area contributed by atoms with E-state index in [9.17, 15) is 0 Å². The van der Waals surface area contributed by atoms with E-state index in [-0.39, 0.29) is 5.41 Å². The fourth-order valence-electron chi connectivity index (χ4n) is 16.3. The van der Waals surface area contributed by atoms with Crippen LogP contribution in [0.5, 0.6) is 0 Å². The summed E-state index contributed by atoms with van der Waals surface area (Å²) in [6.07, 6.45) is 0. The zero-order valence-electron chi connectivity index (χ0n) is 53.1. The summed E-state index contributed by atoms with van der Waals surface area (Å²) in [5.74, 6) is 0. The van der Waals surface area contributed by atoms with E-state index in [1.807, 2.05) is 24.3 Å². The van der Waals surface area contributed by atoms with Gasteiger partial charge < -0.3 is 10.2 Å². The predicted molar refractivity (Wildman–Crippen MR) is 410 cm³/mol. The van der Waals surface area contributed by atoms with Crippen molar-refractivity contribution in [2.45, 2.75) is 10.8 Å². The Morgan fingerprint density at radius 1 is 0.206 bits per heavy atom. The van der Waals surface area contributed by atoms with E-state index in [0.29, 0.717) is 0 Å². The molecule has 0 radical (unpaired) electrons. The zero-order valence-corrected chi connectivity index (χ0v) is 54.7. The van der Waals surface area contributed by atoms with Crippen molar-refractivity contribution in [3.8, 4) is 66.8 Å². The lowest BCUT2D eigenvalue weighted by Crippen LogP contribution is -2.26. The number of rotatable bonds is 7. The summed E-state index contributed by atoms with van der Waals surface area (Å²) in [5.41, 5.74) is 31.4. The number of halogens is 1. The van der Waals surface area contributed by atoms with Gasteiger partial charge in [0.25, 0.3) is 0 Å². The van der Waals surface area contributed by atoms with Crippen molar-refractivity contribution in [3.05, 3.63) is 425 Å². The van der Waals surface area contributed by atoms with Crippen LogP contribution in [0.15, 0.2) is 381 Å². The quantitative estimate of drug-likeness (QED) is 0.171. The number of fused-ring (bicyclic) bond motifs is 22. The summed E-state index contributed by atoms with van der Waals surface area (Å²) in [5, 5.41) is 8.52. The first-order chi connectivity index (χ1) is 48.0. The fourth-order valence-corrected chi connectivity index (χ4v) is 16.6. The molecule has 0 aliphatic heterocycles. The Hall–Kier alpha value is -11.9. The first-order valence-corrected chi connectivity index (χ1v) is 34.2. The van der Waals surface area contributed by atoms with Crippen molar-refractivity contribution in [1.82, 2.24) is 0 Å². The standard InChI is InChI=1S/C47H31N.C29H17Br.C18H15N/c1-3-13-32(14-4-1)33-23-25-37(26-24-33)48(36-17-5-2-6-18-36)38-27-28-41-39-19-9-11-21-43(39)47(46(41)31-38)44-22-12-10-20-40(44)42-29-34-15-7-8-16-35(34)30-45(42)47;30-20-13-14-23-21-9-3-5-11-25(21)29(28(23)17-20)26-12-6-4-10-22(26)24-15-18-7-1-2-8-19(18)16-27(24)29;1-3-7-15(8-4-1)16-11-13-18(14-12-16)19-17-9-5-2-6-10-17/h1-31H;1-17H;1-14,19H. The molecule has 0 bridgehead atoms. The maximum absolute atomic E-state index is 3.76. The normalized spacial score (nSPS) is 14.9. The molecule has 0 saturated carbocycles. The number of hydrogen-bond donors (Lipinski definition) is 1. The monoisotopic (exact) mass is 1300 g/mol. The van der Waals surface area contributed by atoms with E-state index in [4.69, 9.17) is 0 Å². The summed E-state index contributed by atoms with van der Waals surface area (Å²) in [7, 11) is 0. The summed E-state index contributed by atoms with van der Waals surface area (Å²) in [6, 6.07) is 136. The largest absolute Gasteiger partial charge is 0.356 e. The third-order valence-electron chi connectivity index (χ3n) is 20.4. The molecule has 3 heteroatoms. The second kappa shape index (κ2) is 23.8. The molecule has 2 spiro atoms. The number of para-hydroxylation sites is 2. The van der Waals surface area contributed by atoms with Gasteiger partial charge in [-0.15, -0.1) is 0 Å². The maximum Gasteiger partial charge on any atom is 0.0726 e. The fraction of sp³-hybridized carbons (Fsp3) is 0.0213. The number of nitrogens with zero attached hydrogens (tertiary/aromatic N) is 1. The van der Waals surface area contributed by atoms with Crippen LogP contribution < -0.4 is 10.2 Å². The van der Waals surface area contributed by atoms with E-state index in [1.165, 1.54) is 133 Å². The van der Waals surface area contributed by atoms with Crippen molar-refractivity contribution in [2.75, 3.05) is 10.2 Å². The summed E-state index contributed by atoms with van der Waals surface area (Å²) >= 11 is 3.76. The van der Waals surface area contributed by atoms with Crippen molar-refractivity contribution in [3.63, 3.8) is 0 Å². The molecule has 2 unspecified atom stereocenters. The first-order valence-electron chi connectivity index (χ1n) is 33.4. The molecular weight excluding hydrogens is 1240 g/mol. The molecular formula is C94H63BrN2. The maximum atomic E-state index is 3.76. The molecule has 0 heterocycles. The minimum absolute atomic E-state index is 0.272. The Balaban J connectivity index is 0.000000118. The van der Waals surface area contributed by atoms with Crippen LogP contribution in [-0.4, -0.2) is 0 Å². The Bertz CT molecular complexity index is 5670. The van der Waals surface area contributed by atoms with Crippen molar-refractivity contribution in [1.29, 1.82) is 0 Å². The second-order valence-electron chi connectivity index (χ2n) is 25.6. The van der Waals surface area contributed by atoms with E-state index in [2.05, 4.69) is 378 Å². The predicted octanol–water partition coefficient (Wildman–Crippen LogP) is 25.4. The van der Waals surface area contributed by atoms with Crippen molar-refractivity contribution >= 4 is 65.9 Å². The Labute approximate surface area is 574 Å². The Morgan fingerprint density at radius 3 is 0.990 bits per heavy atom. The zero-order chi connectivity index (χ0) is 64.4. The summed E-state index contributed by atoms with van der Waals surface area (Å²) in [4.78, 5) is 2.40. The molecule has 16 aromatic carbocycles. The molecule has 1 N–H and O–H groups in total. The van der Waals surface area contributed by atoms with Gasteiger partial charge >= 0.3 is 0 Å². The van der Waals surface area contributed by atoms with Gasteiger partial charge in [-0.2, -0.15) is 0 Å². The number of benzene rings is 16. The van der Waals surface area contributed by atoms with Crippen LogP contribution in [0.1, 0.15) is 44.5 Å². The Kier molecular flexibility index (Phi) is 14.2. The van der Waals surface area contributed by atoms with Crippen LogP contribution >= 0.6 is 15.9 Å². The summed E-state index contributed by atoms with van der Waals surface area (Å²) in [6.45, 7) is 0.